The molecule has 0 amide bonds. The van der Waals surface area contributed by atoms with Crippen LogP contribution in [0.1, 0.15) is 33.6 Å². The summed E-state index contributed by atoms with van der Waals surface area (Å²) in [5.41, 5.74) is 1.13. The maximum atomic E-state index is 12.3. The van der Waals surface area contributed by atoms with E-state index in [9.17, 15) is 9.59 Å². The van der Waals surface area contributed by atoms with Crippen molar-refractivity contribution in [1.82, 2.24) is 0 Å². The third kappa shape index (κ3) is 2.54. The third-order valence-corrected chi connectivity index (χ3v) is 8.58. The number of carbonyl (C=O) groups excluding carboxylic acids is 2. The van der Waals surface area contributed by atoms with Crippen molar-refractivity contribution in [2.75, 3.05) is 0 Å². The number of Topliss-reactive ketones (excluding diaryl/α,β-unsaturated/α-hetero) is 1. The number of ether oxygens (including phenoxy) is 1. The quantitative estimate of drug-likeness (QED) is 0.579. The van der Waals surface area contributed by atoms with E-state index in [1.807, 2.05) is 0 Å². The molecular formula is C15H24GeO3. The summed E-state index contributed by atoms with van der Waals surface area (Å²) in [5.74, 6) is 7.13. The first-order chi connectivity index (χ1) is 8.54. The van der Waals surface area contributed by atoms with Gasteiger partial charge in [-0.2, -0.15) is 0 Å². The van der Waals surface area contributed by atoms with Crippen molar-refractivity contribution >= 4 is 25.0 Å². The second-order valence-corrected chi connectivity index (χ2v) is 18.1. The average Bonchev–Trinajstić information content (AvgIpc) is 2.58. The number of carbonyl (C=O) groups is 2. The van der Waals surface area contributed by atoms with Gasteiger partial charge < -0.3 is 0 Å². The first-order valence-electron chi connectivity index (χ1n) is 6.99. The Morgan fingerprint density at radius 3 is 2.37 bits per heavy atom. The van der Waals surface area contributed by atoms with Crippen LogP contribution in [0.25, 0.3) is 0 Å². The van der Waals surface area contributed by atoms with Gasteiger partial charge in [0.2, 0.25) is 0 Å². The molecule has 2 aliphatic carbocycles. The summed E-state index contributed by atoms with van der Waals surface area (Å²) in [6.45, 7) is 5.74. The number of rotatable bonds is 2. The van der Waals surface area contributed by atoms with E-state index in [4.69, 9.17) is 4.74 Å². The third-order valence-electron chi connectivity index (χ3n) is 4.24. The predicted molar refractivity (Wildman–Crippen MR) is 77.4 cm³/mol. The number of allylic oxidation sites excluding steroid dienone is 1. The first-order valence-corrected chi connectivity index (χ1v) is 14.3. The molecule has 3 nitrogen and oxygen atoms in total. The van der Waals surface area contributed by atoms with E-state index >= 15 is 0 Å². The van der Waals surface area contributed by atoms with Crippen LogP contribution in [0.2, 0.25) is 17.3 Å². The minimum absolute atomic E-state index is 0.0505. The van der Waals surface area contributed by atoms with Crippen LogP contribution in [0.3, 0.4) is 0 Å². The summed E-state index contributed by atoms with van der Waals surface area (Å²) in [6, 6.07) is 0. The fraction of sp³-hybridized carbons (Fsp3) is 0.733. The van der Waals surface area contributed by atoms with Crippen LogP contribution >= 0.6 is 0 Å². The van der Waals surface area contributed by atoms with Gasteiger partial charge in [-0.25, -0.2) is 0 Å². The van der Waals surface area contributed by atoms with Crippen molar-refractivity contribution in [3.8, 4) is 0 Å². The standard InChI is InChI=1S/C15H24GeO3/c1-9(17)19-14-12-10(8-15(14,2)3)7-11(18)13(12)16(4,5)6/h10,14H,7-8H2,1-6H3/t10-,14+/m1/s1. The number of hydrogen-bond donors (Lipinski definition) is 0. The molecule has 0 radical (unpaired) electrons. The van der Waals surface area contributed by atoms with Gasteiger partial charge in [0.1, 0.15) is 0 Å². The van der Waals surface area contributed by atoms with Crippen molar-refractivity contribution in [3.05, 3.63) is 9.98 Å². The van der Waals surface area contributed by atoms with Gasteiger partial charge in [-0.05, 0) is 0 Å². The molecule has 0 spiro atoms. The molecule has 0 unspecified atom stereocenters. The van der Waals surface area contributed by atoms with Gasteiger partial charge in [0, 0.05) is 0 Å². The number of hydrogen-bond acceptors (Lipinski definition) is 3. The molecule has 1 saturated carbocycles. The molecule has 2 rings (SSSR count). The van der Waals surface area contributed by atoms with Crippen LogP contribution in [-0.4, -0.2) is 31.1 Å². The zero-order valence-electron chi connectivity index (χ0n) is 12.8. The van der Waals surface area contributed by atoms with E-state index in [1.165, 1.54) is 12.5 Å². The molecule has 106 valence electrons. The van der Waals surface area contributed by atoms with Gasteiger partial charge in [0.25, 0.3) is 0 Å². The van der Waals surface area contributed by atoms with Gasteiger partial charge in [-0.15, -0.1) is 0 Å². The topological polar surface area (TPSA) is 43.4 Å². The molecule has 4 heteroatoms. The minimum atomic E-state index is -2.22. The van der Waals surface area contributed by atoms with E-state index in [-0.39, 0.29) is 17.5 Å². The Kier molecular flexibility index (Phi) is 3.49. The molecule has 0 aromatic rings. The normalized spacial score (nSPS) is 29.7. The van der Waals surface area contributed by atoms with Crippen LogP contribution in [0, 0.1) is 11.3 Å². The number of ketones is 1. The van der Waals surface area contributed by atoms with Gasteiger partial charge in [0.15, 0.2) is 0 Å². The van der Waals surface area contributed by atoms with E-state index in [0.717, 1.165) is 10.8 Å². The Balaban J connectivity index is 2.53. The van der Waals surface area contributed by atoms with Crippen molar-refractivity contribution in [2.45, 2.75) is 57.0 Å². The molecule has 19 heavy (non-hydrogen) atoms. The zero-order valence-corrected chi connectivity index (χ0v) is 14.9. The van der Waals surface area contributed by atoms with Crippen molar-refractivity contribution in [2.24, 2.45) is 11.3 Å². The van der Waals surface area contributed by atoms with E-state index in [0.29, 0.717) is 18.1 Å². The summed E-state index contributed by atoms with van der Waals surface area (Å²) in [6.07, 6.45) is 1.39. The molecule has 0 N–H and O–H groups in total. The summed E-state index contributed by atoms with van der Waals surface area (Å²) >= 11 is -2.22. The molecule has 0 bridgehead atoms. The van der Waals surface area contributed by atoms with E-state index < -0.39 is 13.3 Å². The summed E-state index contributed by atoms with van der Waals surface area (Å²) in [7, 11) is 0. The van der Waals surface area contributed by atoms with Crippen LogP contribution < -0.4 is 0 Å². The molecule has 1 fully saturated rings. The average molecular weight is 325 g/mol. The fourth-order valence-corrected chi connectivity index (χ4v) is 8.22. The molecule has 0 aliphatic heterocycles. The molecule has 2 atom stereocenters. The van der Waals surface area contributed by atoms with Gasteiger partial charge in [-0.1, -0.05) is 0 Å². The Morgan fingerprint density at radius 1 is 1.32 bits per heavy atom. The van der Waals surface area contributed by atoms with Gasteiger partial charge in [0.05, 0.1) is 0 Å². The molecule has 0 heterocycles. The molecule has 0 aromatic carbocycles. The fourth-order valence-electron chi connectivity index (χ4n) is 3.73. The monoisotopic (exact) mass is 326 g/mol. The maximum absolute atomic E-state index is 12.3. The number of esters is 1. The second kappa shape index (κ2) is 4.47. The summed E-state index contributed by atoms with van der Waals surface area (Å²) < 4.78 is 6.68. The van der Waals surface area contributed by atoms with Crippen LogP contribution in [0.4, 0.5) is 0 Å². The Bertz CT molecular complexity index is 468. The molecular weight excluding hydrogens is 301 g/mol. The Hall–Kier alpha value is -0.577. The molecule has 0 aromatic heterocycles. The number of fused-ring (bicyclic) bond motifs is 1. The summed E-state index contributed by atoms with van der Waals surface area (Å²) in [5, 5.41) is 0. The first kappa shape index (κ1) is 14.8. The van der Waals surface area contributed by atoms with Crippen molar-refractivity contribution in [1.29, 1.82) is 0 Å². The van der Waals surface area contributed by atoms with Crippen LogP contribution in [0.5, 0.6) is 0 Å². The predicted octanol–water partition coefficient (Wildman–Crippen LogP) is 3.11. The van der Waals surface area contributed by atoms with Crippen molar-refractivity contribution < 1.29 is 14.3 Å². The zero-order chi connectivity index (χ0) is 14.6. The second-order valence-electron chi connectivity index (χ2n) is 7.59. The van der Waals surface area contributed by atoms with E-state index in [2.05, 4.69) is 31.1 Å². The van der Waals surface area contributed by atoms with Gasteiger partial charge in [-0.3, -0.25) is 0 Å². The van der Waals surface area contributed by atoms with E-state index in [1.54, 1.807) is 0 Å². The summed E-state index contributed by atoms with van der Waals surface area (Å²) in [4.78, 5) is 23.7. The van der Waals surface area contributed by atoms with Gasteiger partial charge >= 0.3 is 118 Å². The molecule has 0 saturated heterocycles. The van der Waals surface area contributed by atoms with Crippen LogP contribution in [-0.2, 0) is 14.3 Å². The Labute approximate surface area is 118 Å². The van der Waals surface area contributed by atoms with Crippen LogP contribution in [0.15, 0.2) is 9.98 Å². The van der Waals surface area contributed by atoms with Crippen molar-refractivity contribution in [3.63, 3.8) is 0 Å². The molecule has 2 aliphatic rings. The Morgan fingerprint density at radius 2 is 1.89 bits per heavy atom. The SMILES string of the molecule is CC(=O)O[C@H]1C2=[C]([Ge]([CH3])([CH3])[CH3])C(=O)C[C@@H]2CC1(C)C.